The molecule has 0 atom stereocenters. The van der Waals surface area contributed by atoms with E-state index < -0.39 is 5.60 Å². The van der Waals surface area contributed by atoms with Crippen molar-refractivity contribution >= 4 is 23.1 Å². The van der Waals surface area contributed by atoms with Crippen molar-refractivity contribution in [2.24, 2.45) is 0 Å². The monoisotopic (exact) mass is 410 g/mol. The summed E-state index contributed by atoms with van der Waals surface area (Å²) in [5, 5.41) is 6.29. The molecule has 0 unspecified atom stereocenters. The SMILES string of the molecule is COc1cc(Nc2nccc(Nc3cnc4c(c3)OCC(C)(C)O4)n2)cnc1OC. The summed E-state index contributed by atoms with van der Waals surface area (Å²) in [6.07, 6.45) is 4.91. The molecule has 0 radical (unpaired) electrons. The zero-order valence-corrected chi connectivity index (χ0v) is 17.1. The molecule has 2 N–H and O–H groups in total. The van der Waals surface area contributed by atoms with Crippen LogP contribution in [0.1, 0.15) is 13.8 Å². The van der Waals surface area contributed by atoms with Crippen LogP contribution in [0.2, 0.25) is 0 Å². The maximum Gasteiger partial charge on any atom is 0.257 e. The van der Waals surface area contributed by atoms with Gasteiger partial charge >= 0.3 is 0 Å². The van der Waals surface area contributed by atoms with Crippen LogP contribution in [0.25, 0.3) is 0 Å². The third-order valence-electron chi connectivity index (χ3n) is 4.18. The minimum atomic E-state index is -0.402. The molecule has 156 valence electrons. The zero-order chi connectivity index (χ0) is 21.1. The first-order chi connectivity index (χ1) is 14.5. The van der Waals surface area contributed by atoms with Gasteiger partial charge in [-0.1, -0.05) is 0 Å². The second-order valence-electron chi connectivity index (χ2n) is 7.13. The average molecular weight is 410 g/mol. The molecule has 0 spiro atoms. The van der Waals surface area contributed by atoms with E-state index in [0.717, 1.165) is 5.69 Å². The van der Waals surface area contributed by atoms with E-state index in [1.165, 1.54) is 7.11 Å². The van der Waals surface area contributed by atoms with E-state index in [1.54, 1.807) is 37.8 Å². The number of nitrogens with zero attached hydrogens (tertiary/aromatic N) is 4. The smallest absolute Gasteiger partial charge is 0.257 e. The molecule has 4 rings (SSSR count). The molecule has 4 heterocycles. The molecule has 0 fully saturated rings. The van der Waals surface area contributed by atoms with Crippen molar-refractivity contribution in [3.05, 3.63) is 36.8 Å². The van der Waals surface area contributed by atoms with E-state index in [2.05, 4.69) is 30.6 Å². The van der Waals surface area contributed by atoms with Crippen molar-refractivity contribution < 1.29 is 18.9 Å². The highest BCUT2D eigenvalue weighted by Gasteiger charge is 2.29. The van der Waals surface area contributed by atoms with E-state index in [-0.39, 0.29) is 0 Å². The topological polar surface area (TPSA) is 113 Å². The van der Waals surface area contributed by atoms with Crippen molar-refractivity contribution in [3.63, 3.8) is 0 Å². The molecule has 1 aliphatic heterocycles. The second-order valence-corrected chi connectivity index (χ2v) is 7.13. The summed E-state index contributed by atoms with van der Waals surface area (Å²) in [4.78, 5) is 17.2. The molecule has 3 aromatic rings. The largest absolute Gasteiger partial charge is 0.491 e. The van der Waals surface area contributed by atoms with Crippen molar-refractivity contribution in [2.45, 2.75) is 19.4 Å². The standard InChI is InChI=1S/C20H22N6O4/c1-20(2)11-29-15-8-12(9-23-18(15)30-20)24-16-5-6-21-19(26-16)25-13-7-14(27-3)17(28-4)22-10-13/h5-10H,11H2,1-4H3,(H2,21,24,25,26). The molecule has 1 aliphatic rings. The lowest BCUT2D eigenvalue weighted by atomic mass is 10.1. The summed E-state index contributed by atoms with van der Waals surface area (Å²) in [5.41, 5.74) is 0.976. The molecule has 10 nitrogen and oxygen atoms in total. The van der Waals surface area contributed by atoms with Gasteiger partial charge in [-0.05, 0) is 19.9 Å². The highest BCUT2D eigenvalue weighted by Crippen LogP contribution is 2.35. The Hall–Kier alpha value is -3.82. The lowest BCUT2D eigenvalue weighted by Gasteiger charge is -2.31. The van der Waals surface area contributed by atoms with Crippen molar-refractivity contribution in [1.29, 1.82) is 0 Å². The van der Waals surface area contributed by atoms with Crippen LogP contribution < -0.4 is 29.6 Å². The fraction of sp³-hybridized carbons (Fsp3) is 0.300. The van der Waals surface area contributed by atoms with Gasteiger partial charge in [-0.3, -0.25) is 0 Å². The number of pyridine rings is 2. The molecule has 0 saturated carbocycles. The van der Waals surface area contributed by atoms with Gasteiger partial charge in [-0.25, -0.2) is 15.0 Å². The lowest BCUT2D eigenvalue weighted by molar-refractivity contribution is 0.0163. The Balaban J connectivity index is 1.49. The van der Waals surface area contributed by atoms with Gasteiger partial charge in [-0.2, -0.15) is 4.98 Å². The first kappa shape index (κ1) is 19.5. The summed E-state index contributed by atoms with van der Waals surface area (Å²) in [5.74, 6) is 2.93. The van der Waals surface area contributed by atoms with E-state index >= 15 is 0 Å². The van der Waals surface area contributed by atoms with Gasteiger partial charge in [0.15, 0.2) is 11.5 Å². The predicted molar refractivity (Wildman–Crippen MR) is 110 cm³/mol. The van der Waals surface area contributed by atoms with Crippen LogP contribution in [0.3, 0.4) is 0 Å². The number of nitrogens with one attached hydrogen (secondary N) is 2. The Morgan fingerprint density at radius 3 is 2.60 bits per heavy atom. The van der Waals surface area contributed by atoms with Gasteiger partial charge in [0.2, 0.25) is 5.95 Å². The molecular weight excluding hydrogens is 388 g/mol. The average Bonchev–Trinajstić information content (AvgIpc) is 2.73. The summed E-state index contributed by atoms with van der Waals surface area (Å²) < 4.78 is 22.0. The molecule has 0 aliphatic carbocycles. The Morgan fingerprint density at radius 2 is 1.80 bits per heavy atom. The fourth-order valence-electron chi connectivity index (χ4n) is 2.79. The number of aromatic nitrogens is 4. The van der Waals surface area contributed by atoms with E-state index in [4.69, 9.17) is 18.9 Å². The van der Waals surface area contributed by atoms with Gasteiger partial charge in [-0.15, -0.1) is 0 Å². The van der Waals surface area contributed by atoms with Crippen molar-refractivity contribution in [3.8, 4) is 23.3 Å². The lowest BCUT2D eigenvalue weighted by Crippen LogP contribution is -2.39. The van der Waals surface area contributed by atoms with Gasteiger partial charge < -0.3 is 29.6 Å². The summed E-state index contributed by atoms with van der Waals surface area (Å²) in [7, 11) is 3.08. The van der Waals surface area contributed by atoms with Gasteiger partial charge in [0.25, 0.3) is 11.8 Å². The van der Waals surface area contributed by atoms with E-state index in [0.29, 0.717) is 47.3 Å². The van der Waals surface area contributed by atoms with Gasteiger partial charge in [0.1, 0.15) is 18.0 Å². The molecule has 0 aromatic carbocycles. The number of rotatable bonds is 6. The third kappa shape index (κ3) is 4.27. The van der Waals surface area contributed by atoms with Crippen LogP contribution in [0, 0.1) is 0 Å². The number of hydrogen-bond acceptors (Lipinski definition) is 10. The maximum atomic E-state index is 5.82. The number of fused-ring (bicyclic) bond motifs is 1. The predicted octanol–water partition coefficient (Wildman–Crippen LogP) is 3.32. The van der Waals surface area contributed by atoms with Crippen LogP contribution in [0.5, 0.6) is 23.3 Å². The summed E-state index contributed by atoms with van der Waals surface area (Å²) >= 11 is 0. The first-order valence-corrected chi connectivity index (χ1v) is 9.23. The number of anilines is 4. The van der Waals surface area contributed by atoms with Crippen LogP contribution in [-0.2, 0) is 0 Å². The maximum absolute atomic E-state index is 5.82. The van der Waals surface area contributed by atoms with Crippen LogP contribution in [-0.4, -0.2) is 46.4 Å². The Kier molecular flexibility index (Phi) is 5.13. The Labute approximate surface area is 173 Å². The van der Waals surface area contributed by atoms with Crippen LogP contribution >= 0.6 is 0 Å². The van der Waals surface area contributed by atoms with Crippen LogP contribution in [0.15, 0.2) is 36.8 Å². The van der Waals surface area contributed by atoms with E-state index in [1.807, 2.05) is 19.9 Å². The Bertz CT molecular complexity index is 1060. The molecule has 0 amide bonds. The van der Waals surface area contributed by atoms with E-state index in [9.17, 15) is 0 Å². The third-order valence-corrected chi connectivity index (χ3v) is 4.18. The van der Waals surface area contributed by atoms with Crippen molar-refractivity contribution in [1.82, 2.24) is 19.9 Å². The highest BCUT2D eigenvalue weighted by atomic mass is 16.6. The quantitative estimate of drug-likeness (QED) is 0.627. The van der Waals surface area contributed by atoms with Crippen LogP contribution in [0.4, 0.5) is 23.1 Å². The van der Waals surface area contributed by atoms with Gasteiger partial charge in [0.05, 0.1) is 38.0 Å². The Morgan fingerprint density at radius 1 is 1.00 bits per heavy atom. The number of hydrogen-bond donors (Lipinski definition) is 2. The minimum Gasteiger partial charge on any atom is -0.491 e. The summed E-state index contributed by atoms with van der Waals surface area (Å²) in [6, 6.07) is 5.32. The first-order valence-electron chi connectivity index (χ1n) is 9.23. The van der Waals surface area contributed by atoms with Crippen molar-refractivity contribution in [2.75, 3.05) is 31.5 Å². The molecule has 0 bridgehead atoms. The molecular formula is C20H22N6O4. The van der Waals surface area contributed by atoms with Gasteiger partial charge in [0, 0.05) is 18.3 Å². The number of methoxy groups -OCH3 is 2. The fourth-order valence-corrected chi connectivity index (χ4v) is 2.79. The highest BCUT2D eigenvalue weighted by molar-refractivity contribution is 5.62. The molecule has 30 heavy (non-hydrogen) atoms. The minimum absolute atomic E-state index is 0.390. The molecule has 0 saturated heterocycles. The molecule has 10 heteroatoms. The molecule has 3 aromatic heterocycles. The normalized spacial score (nSPS) is 14.0. The summed E-state index contributed by atoms with van der Waals surface area (Å²) in [6.45, 7) is 4.35. The number of ether oxygens (including phenoxy) is 4. The second kappa shape index (κ2) is 7.90. The zero-order valence-electron chi connectivity index (χ0n) is 17.1.